The van der Waals surface area contributed by atoms with Crippen LogP contribution in [0.15, 0.2) is 60.7 Å². The Morgan fingerprint density at radius 3 is 2.13 bits per heavy atom. The summed E-state index contributed by atoms with van der Waals surface area (Å²) in [6, 6.07) is 14.0. The molecule has 0 bridgehead atoms. The molecule has 0 aliphatic carbocycles. The molecule has 160 valence electrons. The van der Waals surface area contributed by atoms with Gasteiger partial charge in [-0.25, -0.2) is 0 Å². The third-order valence-electron chi connectivity index (χ3n) is 4.12. The topological polar surface area (TPSA) is 41.1 Å². The molecule has 1 amide bonds. The quantitative estimate of drug-likeness (QED) is 0.365. The Balaban J connectivity index is 1.80. The fraction of sp³-hybridized carbons (Fsp3) is 0.0476. The van der Waals surface area contributed by atoms with Crippen LogP contribution in [0.2, 0.25) is 15.1 Å². The van der Waals surface area contributed by atoms with Gasteiger partial charge >= 0.3 is 6.18 Å². The summed E-state index contributed by atoms with van der Waals surface area (Å²) in [6.45, 7) is 0. The molecule has 0 heterocycles. The summed E-state index contributed by atoms with van der Waals surface area (Å²) in [5.41, 5.74) is 0.222. The number of amides is 1. The average Bonchev–Trinajstić information content (AvgIpc) is 2.67. The molecule has 0 spiro atoms. The number of nitrogens with one attached hydrogen (secondary N) is 2. The standard InChI is InChI=1S/C21H12Cl3F3N2OS/c22-15-7-2-1-6-14(15)19(30)29-20(31)28-13-9-16(23)18(17(24)10-13)11-4-3-5-12(8-11)21(25,26)27/h1-10H,(H2,28,29,30,31). The summed E-state index contributed by atoms with van der Waals surface area (Å²) in [7, 11) is 0. The summed E-state index contributed by atoms with van der Waals surface area (Å²) in [4.78, 5) is 12.3. The molecule has 3 nitrogen and oxygen atoms in total. The zero-order chi connectivity index (χ0) is 22.8. The number of thiocarbonyl (C=S) groups is 1. The van der Waals surface area contributed by atoms with Gasteiger partial charge in [-0.3, -0.25) is 10.1 Å². The minimum atomic E-state index is -4.50. The van der Waals surface area contributed by atoms with Crippen LogP contribution in [0.4, 0.5) is 18.9 Å². The third-order valence-corrected chi connectivity index (χ3v) is 5.25. The van der Waals surface area contributed by atoms with E-state index in [0.29, 0.717) is 5.69 Å². The van der Waals surface area contributed by atoms with E-state index in [-0.39, 0.29) is 36.9 Å². The first-order chi connectivity index (χ1) is 14.6. The lowest BCUT2D eigenvalue weighted by Gasteiger charge is -2.14. The Hall–Kier alpha value is -2.32. The predicted octanol–water partition coefficient (Wildman–Crippen LogP) is 7.46. The van der Waals surface area contributed by atoms with E-state index >= 15 is 0 Å². The molecule has 0 saturated heterocycles. The van der Waals surface area contributed by atoms with Crippen LogP contribution in [0, 0.1) is 0 Å². The van der Waals surface area contributed by atoms with Gasteiger partial charge in [0.25, 0.3) is 5.91 Å². The van der Waals surface area contributed by atoms with E-state index in [9.17, 15) is 18.0 Å². The molecule has 0 unspecified atom stereocenters. The number of hydrogen-bond donors (Lipinski definition) is 2. The van der Waals surface area contributed by atoms with E-state index in [1.165, 1.54) is 30.3 Å². The molecule has 0 aromatic heterocycles. The van der Waals surface area contributed by atoms with Crippen molar-refractivity contribution in [3.05, 3.63) is 86.9 Å². The third kappa shape index (κ3) is 5.68. The Kier molecular flexibility index (Phi) is 7.11. The van der Waals surface area contributed by atoms with Crippen molar-refractivity contribution in [3.8, 4) is 11.1 Å². The number of carbonyl (C=O) groups is 1. The van der Waals surface area contributed by atoms with Crippen molar-refractivity contribution in [2.24, 2.45) is 0 Å². The van der Waals surface area contributed by atoms with Gasteiger partial charge in [-0.15, -0.1) is 0 Å². The van der Waals surface area contributed by atoms with Crippen molar-refractivity contribution in [1.82, 2.24) is 5.32 Å². The minimum Gasteiger partial charge on any atom is -0.332 e. The first kappa shape index (κ1) is 23.3. The van der Waals surface area contributed by atoms with Gasteiger partial charge in [0.05, 0.1) is 26.2 Å². The molecular formula is C21H12Cl3F3N2OS. The second-order valence-electron chi connectivity index (χ2n) is 6.28. The average molecular weight is 504 g/mol. The van der Waals surface area contributed by atoms with Gasteiger partial charge in [-0.1, -0.05) is 59.1 Å². The Morgan fingerprint density at radius 2 is 1.52 bits per heavy atom. The number of halogens is 6. The van der Waals surface area contributed by atoms with Crippen LogP contribution in [0.3, 0.4) is 0 Å². The van der Waals surface area contributed by atoms with E-state index < -0.39 is 17.6 Å². The van der Waals surface area contributed by atoms with Crippen LogP contribution in [0.5, 0.6) is 0 Å². The lowest BCUT2D eigenvalue weighted by Crippen LogP contribution is -2.34. The van der Waals surface area contributed by atoms with Gasteiger partial charge in [0.2, 0.25) is 0 Å². The maximum Gasteiger partial charge on any atom is 0.416 e. The van der Waals surface area contributed by atoms with Crippen LogP contribution in [0.25, 0.3) is 11.1 Å². The Bertz CT molecular complexity index is 1150. The van der Waals surface area contributed by atoms with Crippen molar-refractivity contribution in [2.45, 2.75) is 6.18 Å². The van der Waals surface area contributed by atoms with Gasteiger partial charge in [0.15, 0.2) is 5.11 Å². The van der Waals surface area contributed by atoms with E-state index in [1.807, 2.05) is 0 Å². The van der Waals surface area contributed by atoms with E-state index in [4.69, 9.17) is 47.0 Å². The number of benzene rings is 3. The van der Waals surface area contributed by atoms with Crippen LogP contribution < -0.4 is 10.6 Å². The number of carbonyl (C=O) groups excluding carboxylic acids is 1. The molecule has 0 saturated carbocycles. The molecule has 0 radical (unpaired) electrons. The monoisotopic (exact) mass is 502 g/mol. The molecule has 3 rings (SSSR count). The predicted molar refractivity (Wildman–Crippen MR) is 122 cm³/mol. The number of alkyl halides is 3. The molecule has 10 heteroatoms. The molecule has 31 heavy (non-hydrogen) atoms. The zero-order valence-corrected chi connectivity index (χ0v) is 18.4. The highest BCUT2D eigenvalue weighted by molar-refractivity contribution is 7.80. The first-order valence-corrected chi connectivity index (χ1v) is 10.1. The fourth-order valence-electron chi connectivity index (χ4n) is 2.75. The molecule has 3 aromatic rings. The highest BCUT2D eigenvalue weighted by Gasteiger charge is 2.30. The van der Waals surface area contributed by atoms with Crippen LogP contribution in [-0.2, 0) is 6.18 Å². The van der Waals surface area contributed by atoms with Crippen molar-refractivity contribution < 1.29 is 18.0 Å². The SMILES string of the molecule is O=C(NC(=S)Nc1cc(Cl)c(-c2cccc(C(F)(F)F)c2)c(Cl)c1)c1ccccc1Cl. The summed E-state index contributed by atoms with van der Waals surface area (Å²) in [5.74, 6) is -0.513. The van der Waals surface area contributed by atoms with Crippen LogP contribution in [0.1, 0.15) is 15.9 Å². The van der Waals surface area contributed by atoms with E-state index in [2.05, 4.69) is 10.6 Å². The molecular weight excluding hydrogens is 492 g/mol. The summed E-state index contributed by atoms with van der Waals surface area (Å²) in [6.07, 6.45) is -4.50. The number of hydrogen-bond acceptors (Lipinski definition) is 2. The van der Waals surface area contributed by atoms with Crippen LogP contribution >= 0.6 is 47.0 Å². The molecule has 0 fully saturated rings. The summed E-state index contributed by atoms with van der Waals surface area (Å²) in [5, 5.41) is 5.68. The lowest BCUT2D eigenvalue weighted by molar-refractivity contribution is -0.137. The van der Waals surface area contributed by atoms with E-state index in [0.717, 1.165) is 12.1 Å². The number of rotatable bonds is 3. The van der Waals surface area contributed by atoms with Gasteiger partial charge in [0, 0.05) is 11.3 Å². The largest absolute Gasteiger partial charge is 0.416 e. The second-order valence-corrected chi connectivity index (χ2v) is 7.91. The van der Waals surface area contributed by atoms with E-state index in [1.54, 1.807) is 18.2 Å². The van der Waals surface area contributed by atoms with Gasteiger partial charge in [-0.05, 0) is 54.2 Å². The van der Waals surface area contributed by atoms with Crippen LogP contribution in [-0.4, -0.2) is 11.0 Å². The minimum absolute atomic E-state index is 0.0381. The normalized spacial score (nSPS) is 11.2. The first-order valence-electron chi connectivity index (χ1n) is 8.60. The van der Waals surface area contributed by atoms with Crippen molar-refractivity contribution in [3.63, 3.8) is 0 Å². The second kappa shape index (κ2) is 9.44. The van der Waals surface area contributed by atoms with Gasteiger partial charge in [-0.2, -0.15) is 13.2 Å². The zero-order valence-electron chi connectivity index (χ0n) is 15.4. The van der Waals surface area contributed by atoms with Gasteiger partial charge < -0.3 is 5.32 Å². The van der Waals surface area contributed by atoms with Crippen molar-refractivity contribution in [2.75, 3.05) is 5.32 Å². The van der Waals surface area contributed by atoms with Crippen molar-refractivity contribution in [1.29, 1.82) is 0 Å². The summed E-state index contributed by atoms with van der Waals surface area (Å²) < 4.78 is 39.0. The Morgan fingerprint density at radius 1 is 0.871 bits per heavy atom. The van der Waals surface area contributed by atoms with Gasteiger partial charge in [0.1, 0.15) is 0 Å². The molecule has 2 N–H and O–H groups in total. The fourth-order valence-corrected chi connectivity index (χ4v) is 3.89. The maximum atomic E-state index is 13.0. The van der Waals surface area contributed by atoms with Crippen molar-refractivity contribution >= 4 is 63.7 Å². The number of anilines is 1. The molecule has 0 atom stereocenters. The summed E-state index contributed by atoms with van der Waals surface area (Å²) >= 11 is 23.7. The Labute approximate surface area is 196 Å². The molecule has 3 aromatic carbocycles. The highest BCUT2D eigenvalue weighted by atomic mass is 35.5. The smallest absolute Gasteiger partial charge is 0.332 e. The lowest BCUT2D eigenvalue weighted by atomic mass is 10.0. The molecule has 0 aliphatic heterocycles. The molecule has 0 aliphatic rings. The highest BCUT2D eigenvalue weighted by Crippen LogP contribution is 2.39. The maximum absolute atomic E-state index is 13.0.